The van der Waals surface area contributed by atoms with Gasteiger partial charge in [-0.1, -0.05) is 0 Å². The van der Waals surface area contributed by atoms with E-state index in [1.165, 1.54) is 0 Å². The molecule has 0 unspecified atom stereocenters. The van der Waals surface area contributed by atoms with Gasteiger partial charge in [0.2, 0.25) is 0 Å². The van der Waals surface area contributed by atoms with Crippen LogP contribution < -0.4 is 194 Å². The SMILES string of the molecule is [Na+].[Na+].[Na+].[Na+].[Na+].[O-][Cl+][O-].[O-][Cl+][O-].[O-][Cl+][O-].[O-][Cl+][O-].[O-][Cl+][O-]. The molecule has 0 saturated carbocycles. The largest absolute Gasteiger partial charge is 1.00 e. The molecule has 100 valence electrons. The van der Waals surface area contributed by atoms with Gasteiger partial charge in [-0.2, -0.15) is 0 Å². The standard InChI is InChI=1S/5ClO2.5Na/c5*2-1-3;;;;;/q5*-1;5*+1. The second kappa shape index (κ2) is 119. The van der Waals surface area contributed by atoms with Gasteiger partial charge in [0.1, 0.15) is 0 Å². The van der Waals surface area contributed by atoms with Crippen molar-refractivity contribution in [3.05, 3.63) is 0 Å². The average molecular weight is 452 g/mol. The normalized spacial score (nSPS) is 4.50. The second-order valence-corrected chi connectivity index (χ2v) is 0.945. The van der Waals surface area contributed by atoms with Gasteiger partial charge in [-0.3, -0.25) is 0 Å². The molecule has 0 saturated heterocycles. The van der Waals surface area contributed by atoms with Gasteiger partial charge in [-0.05, 0) is 0 Å². The Balaban J connectivity index is -0.00000000735. The van der Waals surface area contributed by atoms with Crippen LogP contribution in [0.2, 0.25) is 0 Å². The third kappa shape index (κ3) is 349. The van der Waals surface area contributed by atoms with E-state index in [2.05, 4.69) is 0 Å². The van der Waals surface area contributed by atoms with Crippen molar-refractivity contribution in [3.63, 3.8) is 0 Å². The molecule has 0 bridgehead atoms. The van der Waals surface area contributed by atoms with Crippen molar-refractivity contribution in [2.75, 3.05) is 0 Å². The van der Waals surface area contributed by atoms with E-state index in [9.17, 15) is 0 Å². The van der Waals surface area contributed by atoms with Gasteiger partial charge in [0.15, 0.2) is 0 Å². The molecule has 0 aromatic rings. The number of rotatable bonds is 0. The Morgan fingerprint density at radius 2 is 0.250 bits per heavy atom. The van der Waals surface area contributed by atoms with Crippen molar-refractivity contribution in [2.24, 2.45) is 0 Å². The maximum atomic E-state index is 8.24. The molecule has 20 heteroatoms. The Morgan fingerprint density at radius 3 is 0.250 bits per heavy atom. The van der Waals surface area contributed by atoms with Crippen LogP contribution in [-0.4, -0.2) is 0 Å². The minimum absolute atomic E-state index is 0. The van der Waals surface area contributed by atoms with E-state index in [1.807, 2.05) is 0 Å². The zero-order valence-corrected chi connectivity index (χ0v) is 24.8. The van der Waals surface area contributed by atoms with Crippen LogP contribution in [0.4, 0.5) is 0 Å². The molecular weight excluding hydrogens is 452 g/mol. The summed E-state index contributed by atoms with van der Waals surface area (Å²) in [5.41, 5.74) is 0. The molecule has 0 aliphatic heterocycles. The van der Waals surface area contributed by atoms with Crippen LogP contribution in [0.1, 0.15) is 0 Å². The molecule has 20 heavy (non-hydrogen) atoms. The fourth-order valence-electron chi connectivity index (χ4n) is 0. The van der Waals surface area contributed by atoms with E-state index < -0.39 is 56.6 Å². The molecular formula is Cl5Na5O10. The van der Waals surface area contributed by atoms with Crippen molar-refractivity contribution in [1.29, 1.82) is 0 Å². The maximum Gasteiger partial charge on any atom is 1.00 e. The maximum absolute atomic E-state index is 8.24. The minimum atomic E-state index is -0.417. The summed E-state index contributed by atoms with van der Waals surface area (Å²) in [6.45, 7) is 0. The minimum Gasteiger partial charge on any atom is -0.544 e. The van der Waals surface area contributed by atoms with E-state index in [4.69, 9.17) is 46.6 Å². The van der Waals surface area contributed by atoms with Crippen molar-refractivity contribution < 1.29 is 251 Å². The van der Waals surface area contributed by atoms with E-state index in [1.54, 1.807) is 0 Å². The summed E-state index contributed by atoms with van der Waals surface area (Å²) in [6, 6.07) is 0. The molecule has 0 rings (SSSR count). The van der Waals surface area contributed by atoms with Gasteiger partial charge in [-0.25, -0.2) is 0 Å². The van der Waals surface area contributed by atoms with Gasteiger partial charge in [0.05, 0.1) is 56.6 Å². The monoisotopic (exact) mass is 450 g/mol. The van der Waals surface area contributed by atoms with Crippen molar-refractivity contribution in [3.8, 4) is 0 Å². The summed E-state index contributed by atoms with van der Waals surface area (Å²) in [7, 11) is 0. The number of hydrogen-bond acceptors (Lipinski definition) is 10. The fourth-order valence-corrected chi connectivity index (χ4v) is 0. The summed E-state index contributed by atoms with van der Waals surface area (Å²) in [6.07, 6.45) is 0. The zero-order chi connectivity index (χ0) is 13.5. The van der Waals surface area contributed by atoms with Gasteiger partial charge in [0, 0.05) is 0 Å². The quantitative estimate of drug-likeness (QED) is 0.315. The molecule has 0 aliphatic carbocycles. The third-order valence-corrected chi connectivity index (χ3v) is 0. The Morgan fingerprint density at radius 1 is 0.250 bits per heavy atom. The first-order valence-electron chi connectivity index (χ1n) is 1.54. The molecule has 0 amide bonds. The first-order valence-corrected chi connectivity index (χ1v) is 4.63. The topological polar surface area (TPSA) is 231 Å². The summed E-state index contributed by atoms with van der Waals surface area (Å²) >= 11 is -2.08. The molecule has 10 nitrogen and oxygen atoms in total. The Kier molecular flexibility index (Phi) is 376. The molecule has 0 radical (unpaired) electrons. The Hall–Kier alpha value is 6.05. The van der Waals surface area contributed by atoms with Gasteiger partial charge in [-0.15, -0.1) is 0 Å². The fraction of sp³-hybridized carbons (Fsp3) is 0. The van der Waals surface area contributed by atoms with Crippen LogP contribution in [-0.2, 0) is 0 Å². The third-order valence-electron chi connectivity index (χ3n) is 0. The first-order chi connectivity index (χ1) is 7.07. The molecule has 0 fully saturated rings. The van der Waals surface area contributed by atoms with Crippen LogP contribution >= 0.6 is 0 Å². The van der Waals surface area contributed by atoms with Gasteiger partial charge >= 0.3 is 148 Å². The number of halogens is 5. The molecule has 0 aromatic heterocycles. The summed E-state index contributed by atoms with van der Waals surface area (Å²) < 4.78 is 82.4. The number of hydrogen-bond donors (Lipinski definition) is 0. The molecule has 0 atom stereocenters. The van der Waals surface area contributed by atoms with E-state index in [-0.39, 0.29) is 148 Å². The smallest absolute Gasteiger partial charge is 0.544 e. The van der Waals surface area contributed by atoms with E-state index >= 15 is 0 Å². The average Bonchev–Trinajstić information content (AvgIpc) is 2.09. The Bertz CT molecular complexity index is 41.6. The van der Waals surface area contributed by atoms with E-state index in [0.717, 1.165) is 0 Å². The molecule has 0 heterocycles. The Labute approximate surface area is 245 Å². The van der Waals surface area contributed by atoms with Crippen LogP contribution in [0.3, 0.4) is 0 Å². The van der Waals surface area contributed by atoms with Crippen LogP contribution in [0.15, 0.2) is 0 Å². The summed E-state index contributed by atoms with van der Waals surface area (Å²) in [5, 5.41) is 0. The zero-order valence-electron chi connectivity index (χ0n) is 11.0. The second-order valence-electron chi connectivity index (χ2n) is 0.315. The molecule has 0 spiro atoms. The summed E-state index contributed by atoms with van der Waals surface area (Å²) in [5.74, 6) is 0. The molecule has 0 aliphatic rings. The van der Waals surface area contributed by atoms with Crippen molar-refractivity contribution >= 4 is 0 Å². The van der Waals surface area contributed by atoms with E-state index in [0.29, 0.717) is 0 Å². The molecule has 0 N–H and O–H groups in total. The van der Waals surface area contributed by atoms with Crippen LogP contribution in [0.25, 0.3) is 0 Å². The first kappa shape index (κ1) is 63.5. The predicted octanol–water partition coefficient (Wildman–Crippen LogP) is -26.9. The van der Waals surface area contributed by atoms with Gasteiger partial charge < -0.3 is 46.6 Å². The molecule has 0 aromatic carbocycles. The predicted molar refractivity (Wildman–Crippen MR) is 0 cm³/mol. The van der Waals surface area contributed by atoms with Crippen LogP contribution in [0.5, 0.6) is 0 Å². The summed E-state index contributed by atoms with van der Waals surface area (Å²) in [4.78, 5) is 0. The van der Waals surface area contributed by atoms with Gasteiger partial charge in [0.25, 0.3) is 0 Å². The van der Waals surface area contributed by atoms with Crippen LogP contribution in [0, 0.1) is 56.6 Å². The van der Waals surface area contributed by atoms with Crippen molar-refractivity contribution in [2.45, 2.75) is 0 Å². The van der Waals surface area contributed by atoms with Crippen molar-refractivity contribution in [1.82, 2.24) is 0 Å².